The summed E-state index contributed by atoms with van der Waals surface area (Å²) in [7, 11) is 0. The van der Waals surface area contributed by atoms with Gasteiger partial charge >= 0.3 is 0 Å². The fourth-order valence-corrected chi connectivity index (χ4v) is 22.6. The average molecular weight is 1520 g/mol. The lowest BCUT2D eigenvalue weighted by atomic mass is 9.69. The van der Waals surface area contributed by atoms with Crippen LogP contribution in [-0.4, -0.2) is 0 Å². The zero-order valence-corrected chi connectivity index (χ0v) is 66.9. The van der Waals surface area contributed by atoms with Gasteiger partial charge < -0.3 is 9.80 Å². The van der Waals surface area contributed by atoms with Gasteiger partial charge in [-0.15, -0.1) is 0 Å². The van der Waals surface area contributed by atoms with E-state index in [0.717, 1.165) is 40.5 Å². The highest BCUT2D eigenvalue weighted by Crippen LogP contribution is 2.66. The van der Waals surface area contributed by atoms with Crippen molar-refractivity contribution in [1.29, 1.82) is 0 Å². The third kappa shape index (κ3) is 9.89. The third-order valence-corrected chi connectivity index (χ3v) is 27.9. The van der Waals surface area contributed by atoms with E-state index in [1.807, 2.05) is 0 Å². The molecular formula is C117H82N2. The van der Waals surface area contributed by atoms with Crippen molar-refractivity contribution in [3.63, 3.8) is 0 Å². The molecule has 6 aliphatic rings. The van der Waals surface area contributed by atoms with Crippen LogP contribution in [0.25, 0.3) is 111 Å². The minimum atomic E-state index is -0.588. The first-order valence-electron chi connectivity index (χ1n) is 42.1. The molecule has 24 rings (SSSR count). The lowest BCUT2D eigenvalue weighted by Crippen LogP contribution is -2.27. The summed E-state index contributed by atoms with van der Waals surface area (Å²) in [6.07, 6.45) is 0.786. The molecule has 2 atom stereocenters. The summed E-state index contributed by atoms with van der Waals surface area (Å²) in [5.74, 6) is 0. The van der Waals surface area contributed by atoms with Crippen molar-refractivity contribution in [3.05, 3.63) is 490 Å². The molecule has 18 aromatic carbocycles. The van der Waals surface area contributed by atoms with Gasteiger partial charge in [0.05, 0.1) is 16.5 Å². The van der Waals surface area contributed by atoms with Gasteiger partial charge in [-0.1, -0.05) is 354 Å². The predicted molar refractivity (Wildman–Crippen MR) is 494 cm³/mol. The van der Waals surface area contributed by atoms with Crippen LogP contribution in [0.3, 0.4) is 0 Å². The Balaban J connectivity index is 0.610. The number of aryl methyl sites for hydroxylation is 1. The molecule has 2 nitrogen and oxygen atoms in total. The Kier molecular flexibility index (Phi) is 15.1. The number of hydrogen-bond acceptors (Lipinski definition) is 2. The van der Waals surface area contributed by atoms with E-state index in [0.29, 0.717) is 0 Å². The Bertz CT molecular complexity index is 7190. The Hall–Kier alpha value is -14.4. The molecule has 560 valence electrons. The molecule has 0 amide bonds. The summed E-state index contributed by atoms with van der Waals surface area (Å²) in [4.78, 5) is 4.99. The largest absolute Gasteiger partial charge is 0.310 e. The van der Waals surface area contributed by atoms with Crippen molar-refractivity contribution in [2.75, 3.05) is 9.80 Å². The molecule has 18 aromatic rings. The number of rotatable bonds is 12. The van der Waals surface area contributed by atoms with Crippen LogP contribution >= 0.6 is 0 Å². The van der Waals surface area contributed by atoms with E-state index in [1.54, 1.807) is 0 Å². The molecule has 0 N–H and O–H groups in total. The molecule has 0 aliphatic heterocycles. The minimum Gasteiger partial charge on any atom is -0.310 e. The second-order valence-corrected chi connectivity index (χ2v) is 34.3. The van der Waals surface area contributed by atoms with Crippen LogP contribution in [0.15, 0.2) is 413 Å². The minimum absolute atomic E-state index is 0.164. The Morgan fingerprint density at radius 3 is 1.00 bits per heavy atom. The van der Waals surface area contributed by atoms with Gasteiger partial charge in [-0.3, -0.25) is 0 Å². The topological polar surface area (TPSA) is 6.48 Å². The maximum Gasteiger partial charge on any atom is 0.0725 e. The Morgan fingerprint density at radius 1 is 0.193 bits per heavy atom. The number of fused-ring (bicyclic) bond motifs is 26. The molecule has 2 unspecified atom stereocenters. The maximum absolute atomic E-state index is 2.62. The average Bonchev–Trinajstić information content (AvgIpc) is 1.51. The van der Waals surface area contributed by atoms with Gasteiger partial charge in [0.15, 0.2) is 0 Å². The van der Waals surface area contributed by atoms with Crippen LogP contribution in [-0.2, 0) is 28.1 Å². The first kappa shape index (κ1) is 68.9. The lowest BCUT2D eigenvalue weighted by Gasteiger charge is -2.33. The van der Waals surface area contributed by atoms with E-state index in [1.165, 1.54) is 189 Å². The SMILES string of the molecule is Cc1cc(-c2ccccc2)ccc1N(c1ccc(-c2ccc3c(c2)C2(c4ccccc4-c4ccccc42)c2ccccc2-3)cc1)c1ccc2c(c1)C(C)(Cc1ccc3c(c1)C1(c4ccccc4-3)c3ccccc3-c3ccc(-c4ccc(N(c5ccc6c(c5)C(C)(C)c5ccccc5-6)c5ccccc5-c5ccccc5)cc4)cc31)c1ccccc1-2. The van der Waals surface area contributed by atoms with Gasteiger partial charge in [-0.05, 0) is 276 Å². The molecule has 0 radical (unpaired) electrons. The monoisotopic (exact) mass is 1510 g/mol. The fourth-order valence-electron chi connectivity index (χ4n) is 22.6. The molecule has 2 heteroatoms. The van der Waals surface area contributed by atoms with Crippen LogP contribution in [0.1, 0.15) is 98.7 Å². The van der Waals surface area contributed by atoms with Crippen molar-refractivity contribution in [2.24, 2.45) is 0 Å². The lowest BCUT2D eigenvalue weighted by molar-refractivity contribution is 0.582. The number of anilines is 6. The highest BCUT2D eigenvalue weighted by atomic mass is 15.2. The van der Waals surface area contributed by atoms with E-state index in [2.05, 4.69) is 450 Å². The molecular weight excluding hydrogens is 1430 g/mol. The number of benzene rings is 18. The molecule has 2 spiro atoms. The second kappa shape index (κ2) is 26.0. The van der Waals surface area contributed by atoms with E-state index in [9.17, 15) is 0 Å². The van der Waals surface area contributed by atoms with E-state index < -0.39 is 16.2 Å². The number of hydrogen-bond donors (Lipinski definition) is 0. The molecule has 0 saturated heterocycles. The first-order valence-corrected chi connectivity index (χ1v) is 42.1. The highest BCUT2D eigenvalue weighted by Gasteiger charge is 2.54. The van der Waals surface area contributed by atoms with Crippen LogP contribution in [0.4, 0.5) is 34.1 Å². The summed E-state index contributed by atoms with van der Waals surface area (Å²) in [6, 6.07) is 157. The van der Waals surface area contributed by atoms with E-state index >= 15 is 0 Å². The van der Waals surface area contributed by atoms with Gasteiger partial charge in [0.2, 0.25) is 0 Å². The molecule has 0 aromatic heterocycles. The summed E-state index contributed by atoms with van der Waals surface area (Å²) in [6.45, 7) is 9.55. The van der Waals surface area contributed by atoms with Crippen molar-refractivity contribution in [1.82, 2.24) is 0 Å². The van der Waals surface area contributed by atoms with Crippen LogP contribution < -0.4 is 9.80 Å². The van der Waals surface area contributed by atoms with E-state index in [4.69, 9.17) is 0 Å². The van der Waals surface area contributed by atoms with Crippen LogP contribution in [0, 0.1) is 6.92 Å². The van der Waals surface area contributed by atoms with Crippen LogP contribution in [0.5, 0.6) is 0 Å². The molecule has 0 heterocycles. The quantitative estimate of drug-likeness (QED) is 0.120. The van der Waals surface area contributed by atoms with Crippen molar-refractivity contribution < 1.29 is 0 Å². The Labute approximate surface area is 696 Å². The number of para-hydroxylation sites is 1. The maximum atomic E-state index is 2.62. The van der Waals surface area contributed by atoms with Crippen molar-refractivity contribution in [2.45, 2.75) is 55.8 Å². The molecule has 119 heavy (non-hydrogen) atoms. The van der Waals surface area contributed by atoms with Crippen molar-refractivity contribution >= 4 is 34.1 Å². The summed E-state index contributed by atoms with van der Waals surface area (Å²) < 4.78 is 0. The summed E-state index contributed by atoms with van der Waals surface area (Å²) in [5, 5.41) is 0. The van der Waals surface area contributed by atoms with Gasteiger partial charge in [0.25, 0.3) is 0 Å². The standard InChI is InChI=1S/C117H82N2/c1-74-67-80(76-27-7-5-8-28-76)54-66-112(74)118(83-55-48-77(49-56-83)81-52-62-98-93-37-15-23-43-104(93)116(110(98)69-81)102-41-21-13-34-90(102)91-35-14-22-42-103(91)116)86-60-65-96-89-33-12-20-40-101(89)115(4,108(96)72-86)73-75-47-61-97-92-36-16-24-44-105(92)117(109(97)68-75)106-45-25-17-38-94(106)99-63-53-82(70-111(99)117)78-50-57-84(58-51-78)119(113-46-26-18-31-87(113)79-29-9-6-10-30-79)85-59-64-95-88-32-11-19-39-100(88)114(2,3)107(95)71-85/h5-72H,73H2,1-4H3. The van der Waals surface area contributed by atoms with Crippen molar-refractivity contribution in [3.8, 4) is 111 Å². The van der Waals surface area contributed by atoms with Gasteiger partial charge in [0, 0.05) is 44.8 Å². The fraction of sp³-hybridized carbons (Fsp3) is 0.0769. The molecule has 0 fully saturated rings. The summed E-state index contributed by atoms with van der Waals surface area (Å²) >= 11 is 0. The summed E-state index contributed by atoms with van der Waals surface area (Å²) in [5.41, 5.74) is 48.9. The molecule has 0 saturated carbocycles. The van der Waals surface area contributed by atoms with Crippen LogP contribution in [0.2, 0.25) is 0 Å². The zero-order valence-electron chi connectivity index (χ0n) is 66.9. The first-order chi connectivity index (χ1) is 58.5. The van der Waals surface area contributed by atoms with Gasteiger partial charge in [-0.25, -0.2) is 0 Å². The van der Waals surface area contributed by atoms with Gasteiger partial charge in [0.1, 0.15) is 0 Å². The van der Waals surface area contributed by atoms with E-state index in [-0.39, 0.29) is 5.41 Å². The zero-order chi connectivity index (χ0) is 79.0. The number of nitrogens with zero attached hydrogens (tertiary/aromatic N) is 2. The molecule has 6 aliphatic carbocycles. The van der Waals surface area contributed by atoms with Gasteiger partial charge in [-0.2, -0.15) is 0 Å². The predicted octanol–water partition coefficient (Wildman–Crippen LogP) is 30.1. The smallest absolute Gasteiger partial charge is 0.0725 e. The third-order valence-electron chi connectivity index (χ3n) is 27.9. The highest BCUT2D eigenvalue weighted by molar-refractivity contribution is 6.00. The second-order valence-electron chi connectivity index (χ2n) is 34.3. The Morgan fingerprint density at radius 2 is 0.504 bits per heavy atom. The normalized spacial score (nSPS) is 16.0. The molecule has 0 bridgehead atoms.